The standard InChI is InChI=1S/C12H16FNO.ClH/c13-12-6-2-1-4-10(12)9-15-11-5-3-7-14-8-11;/h1-2,4,6,11,14H,3,5,7-9H2;1H. The van der Waals surface area contributed by atoms with E-state index < -0.39 is 0 Å². The first kappa shape index (κ1) is 13.4. The van der Waals surface area contributed by atoms with Crippen molar-refractivity contribution >= 4 is 12.4 Å². The van der Waals surface area contributed by atoms with E-state index in [1.807, 2.05) is 6.07 Å². The Morgan fingerprint density at radius 2 is 2.19 bits per heavy atom. The molecule has 1 heterocycles. The minimum absolute atomic E-state index is 0. The maximum Gasteiger partial charge on any atom is 0.128 e. The third-order valence-corrected chi connectivity index (χ3v) is 2.68. The highest BCUT2D eigenvalue weighted by molar-refractivity contribution is 5.85. The molecule has 0 amide bonds. The summed E-state index contributed by atoms with van der Waals surface area (Å²) in [4.78, 5) is 0. The molecule has 0 aliphatic carbocycles. The van der Waals surface area contributed by atoms with Crippen LogP contribution in [0.5, 0.6) is 0 Å². The summed E-state index contributed by atoms with van der Waals surface area (Å²) in [6.07, 6.45) is 2.45. The summed E-state index contributed by atoms with van der Waals surface area (Å²) in [5, 5.41) is 3.27. The van der Waals surface area contributed by atoms with Gasteiger partial charge in [-0.1, -0.05) is 18.2 Å². The van der Waals surface area contributed by atoms with Gasteiger partial charge in [-0.2, -0.15) is 0 Å². The Balaban J connectivity index is 0.00000128. The first-order chi connectivity index (χ1) is 7.36. The van der Waals surface area contributed by atoms with Crippen molar-refractivity contribution in [3.05, 3.63) is 35.6 Å². The van der Waals surface area contributed by atoms with Gasteiger partial charge in [0.2, 0.25) is 0 Å². The quantitative estimate of drug-likeness (QED) is 0.884. The normalized spacial score (nSPS) is 20.2. The zero-order chi connectivity index (χ0) is 10.5. The molecule has 1 aliphatic rings. The molecule has 0 saturated carbocycles. The molecule has 0 bridgehead atoms. The van der Waals surface area contributed by atoms with Crippen LogP contribution in [0.25, 0.3) is 0 Å². The van der Waals surface area contributed by atoms with Crippen molar-refractivity contribution in [2.24, 2.45) is 0 Å². The lowest BCUT2D eigenvalue weighted by atomic mass is 10.1. The van der Waals surface area contributed by atoms with E-state index in [-0.39, 0.29) is 24.3 Å². The summed E-state index contributed by atoms with van der Waals surface area (Å²) in [5.41, 5.74) is 0.642. The van der Waals surface area contributed by atoms with Crippen molar-refractivity contribution in [2.75, 3.05) is 13.1 Å². The smallest absolute Gasteiger partial charge is 0.128 e. The maximum absolute atomic E-state index is 13.2. The van der Waals surface area contributed by atoms with Crippen LogP contribution in [-0.2, 0) is 11.3 Å². The number of ether oxygens (including phenoxy) is 1. The van der Waals surface area contributed by atoms with Crippen LogP contribution in [0.3, 0.4) is 0 Å². The lowest BCUT2D eigenvalue weighted by Gasteiger charge is -2.23. The molecule has 2 nitrogen and oxygen atoms in total. The predicted octanol–water partition coefficient (Wildman–Crippen LogP) is 2.52. The first-order valence-corrected chi connectivity index (χ1v) is 5.42. The van der Waals surface area contributed by atoms with Crippen LogP contribution in [0.1, 0.15) is 18.4 Å². The second-order valence-electron chi connectivity index (χ2n) is 3.87. The number of nitrogens with one attached hydrogen (secondary N) is 1. The maximum atomic E-state index is 13.2. The van der Waals surface area contributed by atoms with E-state index in [0.717, 1.165) is 25.9 Å². The molecule has 0 spiro atoms. The van der Waals surface area contributed by atoms with Crippen LogP contribution in [-0.4, -0.2) is 19.2 Å². The van der Waals surface area contributed by atoms with Gasteiger partial charge >= 0.3 is 0 Å². The topological polar surface area (TPSA) is 21.3 Å². The fourth-order valence-corrected chi connectivity index (χ4v) is 1.79. The second-order valence-corrected chi connectivity index (χ2v) is 3.87. The number of hydrogen-bond acceptors (Lipinski definition) is 2. The molecule has 4 heteroatoms. The molecule has 1 fully saturated rings. The molecule has 16 heavy (non-hydrogen) atoms. The van der Waals surface area contributed by atoms with Crippen molar-refractivity contribution in [3.8, 4) is 0 Å². The van der Waals surface area contributed by atoms with Crippen LogP contribution >= 0.6 is 12.4 Å². The van der Waals surface area contributed by atoms with E-state index in [0.29, 0.717) is 12.2 Å². The summed E-state index contributed by atoms with van der Waals surface area (Å²) < 4.78 is 18.9. The molecule has 90 valence electrons. The lowest BCUT2D eigenvalue weighted by molar-refractivity contribution is 0.0239. The van der Waals surface area contributed by atoms with Gasteiger partial charge in [-0.25, -0.2) is 4.39 Å². The Morgan fingerprint density at radius 3 is 2.88 bits per heavy atom. The zero-order valence-corrected chi connectivity index (χ0v) is 9.93. The predicted molar refractivity (Wildman–Crippen MR) is 64.3 cm³/mol. The van der Waals surface area contributed by atoms with E-state index in [9.17, 15) is 4.39 Å². The Hall–Kier alpha value is -0.640. The van der Waals surface area contributed by atoms with Gasteiger partial charge in [0.25, 0.3) is 0 Å². The third kappa shape index (κ3) is 3.74. The summed E-state index contributed by atoms with van der Waals surface area (Å²) in [7, 11) is 0. The molecule has 0 aromatic heterocycles. The molecular weight excluding hydrogens is 229 g/mol. The highest BCUT2D eigenvalue weighted by atomic mass is 35.5. The Labute approximate surface area is 102 Å². The van der Waals surface area contributed by atoms with Crippen LogP contribution in [0.15, 0.2) is 24.3 Å². The van der Waals surface area contributed by atoms with E-state index in [1.54, 1.807) is 12.1 Å². The van der Waals surface area contributed by atoms with Crippen molar-refractivity contribution in [1.82, 2.24) is 5.32 Å². The van der Waals surface area contributed by atoms with Crippen molar-refractivity contribution < 1.29 is 9.13 Å². The molecule has 0 radical (unpaired) electrons. The molecule has 1 aromatic rings. The van der Waals surface area contributed by atoms with Crippen LogP contribution in [0.4, 0.5) is 4.39 Å². The minimum atomic E-state index is -0.179. The Kier molecular flexibility index (Phi) is 5.74. The number of halogens is 2. The first-order valence-electron chi connectivity index (χ1n) is 5.42. The Morgan fingerprint density at radius 1 is 1.38 bits per heavy atom. The molecule has 2 rings (SSSR count). The molecule has 1 atom stereocenters. The minimum Gasteiger partial charge on any atom is -0.372 e. The number of hydrogen-bond donors (Lipinski definition) is 1. The number of piperidine rings is 1. The number of rotatable bonds is 3. The fourth-order valence-electron chi connectivity index (χ4n) is 1.79. The van der Waals surface area contributed by atoms with E-state index in [4.69, 9.17) is 4.74 Å². The van der Waals surface area contributed by atoms with Gasteiger partial charge < -0.3 is 10.1 Å². The van der Waals surface area contributed by atoms with Crippen molar-refractivity contribution in [2.45, 2.75) is 25.6 Å². The van der Waals surface area contributed by atoms with E-state index in [1.165, 1.54) is 6.07 Å². The Bertz CT molecular complexity index is 316. The molecule has 1 aliphatic heterocycles. The third-order valence-electron chi connectivity index (χ3n) is 2.68. The van der Waals surface area contributed by atoms with Gasteiger partial charge in [-0.3, -0.25) is 0 Å². The molecule has 1 aromatic carbocycles. The highest BCUT2D eigenvalue weighted by Crippen LogP contribution is 2.12. The fraction of sp³-hybridized carbons (Fsp3) is 0.500. The molecule has 1 saturated heterocycles. The van der Waals surface area contributed by atoms with Gasteiger partial charge in [-0.15, -0.1) is 12.4 Å². The van der Waals surface area contributed by atoms with E-state index >= 15 is 0 Å². The van der Waals surface area contributed by atoms with Crippen molar-refractivity contribution in [1.29, 1.82) is 0 Å². The van der Waals surface area contributed by atoms with Gasteiger partial charge in [0.1, 0.15) is 5.82 Å². The van der Waals surface area contributed by atoms with Crippen LogP contribution in [0, 0.1) is 5.82 Å². The SMILES string of the molecule is Cl.Fc1ccccc1COC1CCCNC1. The highest BCUT2D eigenvalue weighted by Gasteiger charge is 2.13. The summed E-state index contributed by atoms with van der Waals surface area (Å²) in [5.74, 6) is -0.179. The van der Waals surface area contributed by atoms with Gasteiger partial charge in [0, 0.05) is 12.1 Å². The largest absolute Gasteiger partial charge is 0.372 e. The average Bonchev–Trinajstić information content (AvgIpc) is 2.29. The zero-order valence-electron chi connectivity index (χ0n) is 9.12. The average molecular weight is 246 g/mol. The summed E-state index contributed by atoms with van der Waals surface area (Å²) >= 11 is 0. The van der Waals surface area contributed by atoms with Gasteiger partial charge in [0.05, 0.1) is 12.7 Å². The summed E-state index contributed by atoms with van der Waals surface area (Å²) in [6.45, 7) is 2.33. The van der Waals surface area contributed by atoms with E-state index in [2.05, 4.69) is 5.32 Å². The lowest BCUT2D eigenvalue weighted by Crippen LogP contribution is -2.35. The van der Waals surface area contributed by atoms with Crippen molar-refractivity contribution in [3.63, 3.8) is 0 Å². The molecule has 1 N–H and O–H groups in total. The molecular formula is C12H17ClFNO. The molecule has 1 unspecified atom stereocenters. The second kappa shape index (κ2) is 6.84. The van der Waals surface area contributed by atoms with Crippen LogP contribution < -0.4 is 5.32 Å². The van der Waals surface area contributed by atoms with Crippen LogP contribution in [0.2, 0.25) is 0 Å². The number of benzene rings is 1. The monoisotopic (exact) mass is 245 g/mol. The van der Waals surface area contributed by atoms with Gasteiger partial charge in [-0.05, 0) is 25.5 Å². The van der Waals surface area contributed by atoms with Gasteiger partial charge in [0.15, 0.2) is 0 Å². The summed E-state index contributed by atoms with van der Waals surface area (Å²) in [6, 6.07) is 6.77.